The highest BCUT2D eigenvalue weighted by molar-refractivity contribution is 7.91. The number of hydrogen-bond donors (Lipinski definition) is 0. The summed E-state index contributed by atoms with van der Waals surface area (Å²) in [5.41, 5.74) is 0. The number of hydrogen-bond acceptors (Lipinski definition) is 2. The molecule has 0 aliphatic rings. The van der Waals surface area contributed by atoms with Crippen LogP contribution in [0.15, 0.2) is 23.1 Å². The van der Waals surface area contributed by atoms with Gasteiger partial charge in [-0.3, -0.25) is 0 Å². The van der Waals surface area contributed by atoms with Crippen molar-refractivity contribution >= 4 is 21.4 Å². The fourth-order valence-electron chi connectivity index (χ4n) is 1.48. The molecule has 1 aromatic carbocycles. The van der Waals surface area contributed by atoms with Crippen molar-refractivity contribution < 1.29 is 17.2 Å². The van der Waals surface area contributed by atoms with Crippen molar-refractivity contribution in [2.45, 2.75) is 24.7 Å². The van der Waals surface area contributed by atoms with Crippen LogP contribution >= 0.6 is 11.6 Å². The van der Waals surface area contributed by atoms with Gasteiger partial charge < -0.3 is 0 Å². The second-order valence-electron chi connectivity index (χ2n) is 4.27. The number of rotatable bonds is 6. The van der Waals surface area contributed by atoms with Crippen molar-refractivity contribution in [1.82, 2.24) is 0 Å². The summed E-state index contributed by atoms with van der Waals surface area (Å²) >= 11 is 5.56. The Morgan fingerprint density at radius 2 is 1.89 bits per heavy atom. The monoisotopic (exact) mass is 296 g/mol. The van der Waals surface area contributed by atoms with Crippen LogP contribution < -0.4 is 0 Å². The lowest BCUT2D eigenvalue weighted by molar-refractivity contribution is 0.503. The molecule has 0 aliphatic carbocycles. The molecule has 102 valence electrons. The molecule has 0 saturated heterocycles. The third-order valence-electron chi connectivity index (χ3n) is 2.73. The summed E-state index contributed by atoms with van der Waals surface area (Å²) in [7, 11) is -3.56. The smallest absolute Gasteiger partial charge is 0.178 e. The molecule has 0 aliphatic heterocycles. The van der Waals surface area contributed by atoms with Crippen LogP contribution in [0.5, 0.6) is 0 Å². The molecule has 1 unspecified atom stereocenters. The lowest BCUT2D eigenvalue weighted by Gasteiger charge is -2.10. The normalized spacial score (nSPS) is 13.6. The van der Waals surface area contributed by atoms with Gasteiger partial charge in [0.05, 0.1) is 10.6 Å². The van der Waals surface area contributed by atoms with Crippen LogP contribution in [0, 0.1) is 17.6 Å². The summed E-state index contributed by atoms with van der Waals surface area (Å²) in [6, 6.07) is 2.63. The predicted octanol–water partition coefficient (Wildman–Crippen LogP) is 3.39. The van der Waals surface area contributed by atoms with E-state index in [4.69, 9.17) is 11.6 Å². The van der Waals surface area contributed by atoms with Crippen molar-refractivity contribution in [1.29, 1.82) is 0 Å². The summed E-state index contributed by atoms with van der Waals surface area (Å²) in [5.74, 6) is -1.63. The maximum Gasteiger partial charge on any atom is 0.178 e. The Labute approximate surface area is 111 Å². The Hall–Kier alpha value is -0.680. The van der Waals surface area contributed by atoms with Gasteiger partial charge in [-0.25, -0.2) is 17.2 Å². The van der Waals surface area contributed by atoms with E-state index in [9.17, 15) is 17.2 Å². The minimum atomic E-state index is -3.56. The Kier molecular flexibility index (Phi) is 5.53. The first kappa shape index (κ1) is 15.4. The lowest BCUT2D eigenvalue weighted by Crippen LogP contribution is -2.11. The maximum atomic E-state index is 13.0. The van der Waals surface area contributed by atoms with Gasteiger partial charge in [-0.2, -0.15) is 0 Å². The molecule has 2 nitrogen and oxygen atoms in total. The van der Waals surface area contributed by atoms with Gasteiger partial charge in [0, 0.05) is 5.88 Å². The molecule has 1 atom stereocenters. The van der Waals surface area contributed by atoms with Crippen LogP contribution in [-0.4, -0.2) is 20.1 Å². The summed E-state index contributed by atoms with van der Waals surface area (Å²) in [6.45, 7) is 1.91. The highest BCUT2D eigenvalue weighted by Gasteiger charge is 2.17. The number of halogens is 3. The van der Waals surface area contributed by atoms with E-state index in [0.717, 1.165) is 24.6 Å². The predicted molar refractivity (Wildman–Crippen MR) is 67.5 cm³/mol. The van der Waals surface area contributed by atoms with Crippen molar-refractivity contribution in [2.75, 3.05) is 11.6 Å². The molecule has 18 heavy (non-hydrogen) atoms. The van der Waals surface area contributed by atoms with E-state index < -0.39 is 21.5 Å². The Bertz CT molecular complexity index is 503. The van der Waals surface area contributed by atoms with Crippen LogP contribution in [0.1, 0.15) is 19.8 Å². The van der Waals surface area contributed by atoms with Crippen molar-refractivity contribution in [3.8, 4) is 0 Å². The first-order valence-electron chi connectivity index (χ1n) is 5.60. The molecule has 0 amide bonds. The third kappa shape index (κ3) is 4.21. The fraction of sp³-hybridized carbons (Fsp3) is 0.500. The van der Waals surface area contributed by atoms with Crippen LogP contribution in [0.2, 0.25) is 0 Å². The number of benzene rings is 1. The SMILES string of the molecule is CC(CCCl)CCS(=O)(=O)c1ccc(F)c(F)c1. The van der Waals surface area contributed by atoms with E-state index >= 15 is 0 Å². The van der Waals surface area contributed by atoms with E-state index in [0.29, 0.717) is 12.3 Å². The summed E-state index contributed by atoms with van der Waals surface area (Å²) in [4.78, 5) is -0.181. The van der Waals surface area contributed by atoms with Gasteiger partial charge in [-0.05, 0) is 37.0 Å². The molecule has 0 spiro atoms. The minimum Gasteiger partial charge on any atom is -0.224 e. The van der Waals surface area contributed by atoms with Crippen LogP contribution in [0.25, 0.3) is 0 Å². The van der Waals surface area contributed by atoms with Gasteiger partial charge in [0.25, 0.3) is 0 Å². The second-order valence-corrected chi connectivity index (χ2v) is 6.75. The molecule has 1 rings (SSSR count). The molecular weight excluding hydrogens is 282 g/mol. The summed E-state index contributed by atoms with van der Waals surface area (Å²) < 4.78 is 49.5. The van der Waals surface area contributed by atoms with Crippen LogP contribution in [-0.2, 0) is 9.84 Å². The average Bonchev–Trinajstić information content (AvgIpc) is 2.30. The second kappa shape index (κ2) is 6.48. The molecule has 0 heterocycles. The Balaban J connectivity index is 2.77. The molecule has 0 fully saturated rings. The molecule has 0 saturated carbocycles. The zero-order chi connectivity index (χ0) is 13.8. The molecule has 0 N–H and O–H groups in total. The van der Waals surface area contributed by atoms with Gasteiger partial charge in [-0.1, -0.05) is 6.92 Å². The zero-order valence-electron chi connectivity index (χ0n) is 10.00. The maximum absolute atomic E-state index is 13.0. The molecular formula is C12H15ClF2O2S. The molecule has 0 bridgehead atoms. The first-order chi connectivity index (χ1) is 8.36. The van der Waals surface area contributed by atoms with Gasteiger partial charge in [-0.15, -0.1) is 11.6 Å². The lowest BCUT2D eigenvalue weighted by atomic mass is 10.1. The highest BCUT2D eigenvalue weighted by Crippen LogP contribution is 2.18. The Morgan fingerprint density at radius 1 is 1.22 bits per heavy atom. The van der Waals surface area contributed by atoms with Crippen molar-refractivity contribution in [3.05, 3.63) is 29.8 Å². The Morgan fingerprint density at radius 3 is 2.44 bits per heavy atom. The topological polar surface area (TPSA) is 34.1 Å². The average molecular weight is 297 g/mol. The quantitative estimate of drug-likeness (QED) is 0.595. The fourth-order valence-corrected chi connectivity index (χ4v) is 3.35. The zero-order valence-corrected chi connectivity index (χ0v) is 11.6. The van der Waals surface area contributed by atoms with E-state index in [1.807, 2.05) is 6.92 Å². The minimum absolute atomic E-state index is 0.0872. The van der Waals surface area contributed by atoms with Gasteiger partial charge in [0.15, 0.2) is 21.5 Å². The van der Waals surface area contributed by atoms with Gasteiger partial charge in [0.1, 0.15) is 0 Å². The van der Waals surface area contributed by atoms with Crippen LogP contribution in [0.3, 0.4) is 0 Å². The van der Waals surface area contributed by atoms with E-state index in [1.165, 1.54) is 0 Å². The molecule has 1 aromatic rings. The number of alkyl halides is 1. The third-order valence-corrected chi connectivity index (χ3v) is 4.70. The van der Waals surface area contributed by atoms with Gasteiger partial charge in [0.2, 0.25) is 0 Å². The largest absolute Gasteiger partial charge is 0.224 e. The first-order valence-corrected chi connectivity index (χ1v) is 7.79. The number of sulfone groups is 1. The van der Waals surface area contributed by atoms with Crippen molar-refractivity contribution in [2.24, 2.45) is 5.92 Å². The van der Waals surface area contributed by atoms with Crippen molar-refractivity contribution in [3.63, 3.8) is 0 Å². The van der Waals surface area contributed by atoms with E-state index in [1.54, 1.807) is 0 Å². The molecule has 0 aromatic heterocycles. The standard InChI is InChI=1S/C12H15ClF2O2S/c1-9(4-6-13)5-7-18(16,17)10-2-3-11(14)12(15)8-10/h2-3,8-9H,4-7H2,1H3. The van der Waals surface area contributed by atoms with E-state index in [-0.39, 0.29) is 16.6 Å². The summed E-state index contributed by atoms with van der Waals surface area (Å²) in [5, 5.41) is 0. The molecule has 6 heteroatoms. The van der Waals surface area contributed by atoms with Gasteiger partial charge >= 0.3 is 0 Å². The molecule has 0 radical (unpaired) electrons. The van der Waals surface area contributed by atoms with E-state index in [2.05, 4.69) is 0 Å². The van der Waals surface area contributed by atoms with Crippen LogP contribution in [0.4, 0.5) is 8.78 Å². The summed E-state index contributed by atoms with van der Waals surface area (Å²) in [6.07, 6.45) is 1.18. The highest BCUT2D eigenvalue weighted by atomic mass is 35.5.